The maximum absolute atomic E-state index is 13.2. The van der Waals surface area contributed by atoms with E-state index in [4.69, 9.17) is 22.1 Å². The summed E-state index contributed by atoms with van der Waals surface area (Å²) in [5, 5.41) is -0.204. The first kappa shape index (κ1) is 15.5. The normalized spacial score (nSPS) is 23.8. The molecule has 1 unspecified atom stereocenters. The highest BCUT2D eigenvalue weighted by atomic mass is 35.5. The summed E-state index contributed by atoms with van der Waals surface area (Å²) < 4.78 is 45.8. The summed E-state index contributed by atoms with van der Waals surface area (Å²) in [4.78, 5) is -0.232. The van der Waals surface area contributed by atoms with Gasteiger partial charge in [-0.1, -0.05) is 11.6 Å². The van der Waals surface area contributed by atoms with Gasteiger partial charge in [0.05, 0.1) is 22.9 Å². The lowest BCUT2D eigenvalue weighted by atomic mass is 9.97. The first-order valence-electron chi connectivity index (χ1n) is 6.10. The molecular formula is C12H16ClFN2O3S. The zero-order valence-electron chi connectivity index (χ0n) is 10.9. The van der Waals surface area contributed by atoms with Crippen LogP contribution in [0.4, 0.5) is 10.1 Å². The average molecular weight is 323 g/mol. The van der Waals surface area contributed by atoms with E-state index in [0.29, 0.717) is 13.0 Å². The Hall–Kier alpha value is -0.890. The number of halogens is 2. The zero-order valence-corrected chi connectivity index (χ0v) is 12.5. The van der Waals surface area contributed by atoms with E-state index in [1.54, 1.807) is 6.92 Å². The summed E-state index contributed by atoms with van der Waals surface area (Å²) in [5.74, 6) is -0.749. The number of nitrogens with two attached hydrogens (primary N) is 1. The standard InChI is InChI=1S/C12H16ClFN2O3S/c1-12(3-2-4-19-7-12)16-20(17,18)11-6-10(15)9(14)5-8(11)13/h5-6,16H,2-4,7,15H2,1H3. The minimum Gasteiger partial charge on any atom is -0.396 e. The minimum atomic E-state index is -3.90. The third kappa shape index (κ3) is 3.22. The van der Waals surface area contributed by atoms with Crippen LogP contribution in [0.5, 0.6) is 0 Å². The first-order chi connectivity index (χ1) is 9.23. The van der Waals surface area contributed by atoms with Crippen molar-refractivity contribution in [3.8, 4) is 0 Å². The van der Waals surface area contributed by atoms with Crippen molar-refractivity contribution in [1.29, 1.82) is 0 Å². The minimum absolute atomic E-state index is 0.204. The third-order valence-electron chi connectivity index (χ3n) is 3.16. The molecular weight excluding hydrogens is 307 g/mol. The second-order valence-electron chi connectivity index (χ2n) is 5.13. The summed E-state index contributed by atoms with van der Waals surface area (Å²) in [6.07, 6.45) is 1.42. The molecule has 1 aromatic carbocycles. The fourth-order valence-electron chi connectivity index (χ4n) is 2.14. The monoisotopic (exact) mass is 322 g/mol. The molecule has 1 heterocycles. The Bertz CT molecular complexity index is 615. The van der Waals surface area contributed by atoms with E-state index in [1.807, 2.05) is 0 Å². The largest absolute Gasteiger partial charge is 0.396 e. The van der Waals surface area contributed by atoms with Crippen LogP contribution in [0.1, 0.15) is 19.8 Å². The van der Waals surface area contributed by atoms with Crippen molar-refractivity contribution >= 4 is 27.3 Å². The van der Waals surface area contributed by atoms with Crippen molar-refractivity contribution in [3.63, 3.8) is 0 Å². The molecule has 0 aromatic heterocycles. The summed E-state index contributed by atoms with van der Waals surface area (Å²) in [7, 11) is -3.90. The van der Waals surface area contributed by atoms with Gasteiger partial charge in [-0.3, -0.25) is 0 Å². The summed E-state index contributed by atoms with van der Waals surface area (Å²) in [5.41, 5.74) is 4.43. The van der Waals surface area contributed by atoms with E-state index in [-0.39, 0.29) is 22.2 Å². The molecule has 112 valence electrons. The number of hydrogen-bond acceptors (Lipinski definition) is 4. The van der Waals surface area contributed by atoms with Crippen molar-refractivity contribution in [2.75, 3.05) is 18.9 Å². The van der Waals surface area contributed by atoms with Crippen LogP contribution in [-0.2, 0) is 14.8 Å². The van der Waals surface area contributed by atoms with Gasteiger partial charge < -0.3 is 10.5 Å². The molecule has 1 saturated heterocycles. The predicted octanol–water partition coefficient (Wildman–Crippen LogP) is 1.91. The highest BCUT2D eigenvalue weighted by molar-refractivity contribution is 7.89. The summed E-state index contributed by atoms with van der Waals surface area (Å²) in [6.45, 7) is 2.65. The molecule has 2 rings (SSSR count). The number of benzene rings is 1. The number of anilines is 1. The van der Waals surface area contributed by atoms with Gasteiger partial charge in [0.2, 0.25) is 10.0 Å². The number of nitrogen functional groups attached to an aromatic ring is 1. The molecule has 0 radical (unpaired) electrons. The van der Waals surface area contributed by atoms with Crippen molar-refractivity contribution in [1.82, 2.24) is 4.72 Å². The number of hydrogen-bond donors (Lipinski definition) is 2. The molecule has 1 aromatic rings. The van der Waals surface area contributed by atoms with Crippen LogP contribution >= 0.6 is 11.6 Å². The third-order valence-corrected chi connectivity index (χ3v) is 5.26. The number of rotatable bonds is 3. The number of ether oxygens (including phenoxy) is 1. The molecule has 1 aliphatic rings. The van der Waals surface area contributed by atoms with Crippen LogP contribution in [0.2, 0.25) is 5.02 Å². The van der Waals surface area contributed by atoms with Crippen LogP contribution in [-0.4, -0.2) is 27.2 Å². The van der Waals surface area contributed by atoms with Gasteiger partial charge in [0.15, 0.2) is 0 Å². The van der Waals surface area contributed by atoms with Gasteiger partial charge in [0.25, 0.3) is 0 Å². The van der Waals surface area contributed by atoms with Crippen LogP contribution < -0.4 is 10.5 Å². The van der Waals surface area contributed by atoms with Gasteiger partial charge in [-0.15, -0.1) is 0 Å². The second kappa shape index (κ2) is 5.48. The second-order valence-corrected chi connectivity index (χ2v) is 7.18. The van der Waals surface area contributed by atoms with Gasteiger partial charge in [0.1, 0.15) is 10.7 Å². The zero-order chi connectivity index (χ0) is 15.0. The maximum atomic E-state index is 13.2. The molecule has 8 heteroatoms. The molecule has 3 N–H and O–H groups in total. The molecule has 0 aliphatic carbocycles. The first-order valence-corrected chi connectivity index (χ1v) is 7.96. The average Bonchev–Trinajstić information content (AvgIpc) is 2.33. The lowest BCUT2D eigenvalue weighted by Gasteiger charge is -2.33. The number of nitrogens with one attached hydrogen (secondary N) is 1. The molecule has 5 nitrogen and oxygen atoms in total. The Balaban J connectivity index is 2.33. The van der Waals surface area contributed by atoms with E-state index < -0.39 is 21.4 Å². The molecule has 0 saturated carbocycles. The quantitative estimate of drug-likeness (QED) is 0.833. The fourth-order valence-corrected chi connectivity index (χ4v) is 4.12. The van der Waals surface area contributed by atoms with Crippen LogP contribution in [0.25, 0.3) is 0 Å². The molecule has 1 aliphatic heterocycles. The lowest BCUT2D eigenvalue weighted by Crippen LogP contribution is -2.51. The van der Waals surface area contributed by atoms with Crippen LogP contribution in [0.3, 0.4) is 0 Å². The van der Waals surface area contributed by atoms with Crippen LogP contribution in [0.15, 0.2) is 17.0 Å². The van der Waals surface area contributed by atoms with Gasteiger partial charge >= 0.3 is 0 Å². The molecule has 20 heavy (non-hydrogen) atoms. The highest BCUT2D eigenvalue weighted by Crippen LogP contribution is 2.28. The molecule has 0 amide bonds. The van der Waals surface area contributed by atoms with E-state index in [2.05, 4.69) is 4.72 Å². The van der Waals surface area contributed by atoms with Crippen molar-refractivity contribution in [3.05, 3.63) is 23.0 Å². The fraction of sp³-hybridized carbons (Fsp3) is 0.500. The summed E-state index contributed by atoms with van der Waals surface area (Å²) >= 11 is 5.80. The van der Waals surface area contributed by atoms with E-state index >= 15 is 0 Å². The van der Waals surface area contributed by atoms with Gasteiger partial charge in [-0.25, -0.2) is 17.5 Å². The van der Waals surface area contributed by atoms with Gasteiger partial charge in [0, 0.05) is 6.61 Å². The molecule has 1 atom stereocenters. The topological polar surface area (TPSA) is 81.4 Å². The predicted molar refractivity (Wildman–Crippen MR) is 74.6 cm³/mol. The lowest BCUT2D eigenvalue weighted by molar-refractivity contribution is 0.0386. The molecule has 0 bridgehead atoms. The Labute approximate surface area is 122 Å². The van der Waals surface area contributed by atoms with E-state index in [0.717, 1.165) is 18.6 Å². The maximum Gasteiger partial charge on any atom is 0.242 e. The Kier molecular flexibility index (Phi) is 4.24. The van der Waals surface area contributed by atoms with E-state index in [9.17, 15) is 12.8 Å². The SMILES string of the molecule is CC1(NS(=O)(=O)c2cc(N)c(F)cc2Cl)CCCOC1. The van der Waals surface area contributed by atoms with Crippen LogP contribution in [0, 0.1) is 5.82 Å². The summed E-state index contributed by atoms with van der Waals surface area (Å²) in [6, 6.07) is 1.91. The van der Waals surface area contributed by atoms with E-state index in [1.165, 1.54) is 0 Å². The molecule has 1 fully saturated rings. The van der Waals surface area contributed by atoms with Gasteiger partial charge in [-0.05, 0) is 31.9 Å². The molecule has 0 spiro atoms. The Morgan fingerprint density at radius 3 is 2.80 bits per heavy atom. The number of sulfonamides is 1. The van der Waals surface area contributed by atoms with Gasteiger partial charge in [-0.2, -0.15) is 0 Å². The Morgan fingerprint density at radius 1 is 1.50 bits per heavy atom. The Morgan fingerprint density at radius 2 is 2.20 bits per heavy atom. The van der Waals surface area contributed by atoms with Crippen molar-refractivity contribution < 1.29 is 17.5 Å². The van der Waals surface area contributed by atoms with Crippen molar-refractivity contribution in [2.45, 2.75) is 30.2 Å². The smallest absolute Gasteiger partial charge is 0.242 e. The van der Waals surface area contributed by atoms with Crippen molar-refractivity contribution in [2.24, 2.45) is 0 Å². The highest BCUT2D eigenvalue weighted by Gasteiger charge is 2.34.